The minimum Gasteiger partial charge on any atom is -0.391 e. The van der Waals surface area contributed by atoms with E-state index in [1.165, 1.54) is 12.7 Å². The molecule has 0 radical (unpaired) electrons. The summed E-state index contributed by atoms with van der Waals surface area (Å²) in [4.78, 5) is 2.27. The second kappa shape index (κ2) is 5.86. The monoisotopic (exact) mass is 276 g/mol. The minimum absolute atomic E-state index is 0.00266. The van der Waals surface area contributed by atoms with Gasteiger partial charge in [0, 0.05) is 18.6 Å². The van der Waals surface area contributed by atoms with Crippen molar-refractivity contribution in [2.45, 2.75) is 56.7 Å². The van der Waals surface area contributed by atoms with Crippen LogP contribution in [0.1, 0.15) is 38.5 Å². The average Bonchev–Trinajstić information content (AvgIpc) is 2.27. The van der Waals surface area contributed by atoms with Crippen LogP contribution in [0.3, 0.4) is 0 Å². The number of sulfonamides is 1. The maximum absolute atomic E-state index is 11.3. The molecule has 0 aromatic heterocycles. The topological polar surface area (TPSA) is 69.6 Å². The summed E-state index contributed by atoms with van der Waals surface area (Å²) < 4.78 is 25.2. The summed E-state index contributed by atoms with van der Waals surface area (Å²) in [7, 11) is -3.13. The second-order valence-corrected chi connectivity index (χ2v) is 7.42. The van der Waals surface area contributed by atoms with Crippen LogP contribution in [0.2, 0.25) is 0 Å². The Bertz CT molecular complexity index is 372. The van der Waals surface area contributed by atoms with E-state index in [4.69, 9.17) is 0 Å². The molecular formula is C12H24N2O3S. The molecular weight excluding hydrogens is 252 g/mol. The van der Waals surface area contributed by atoms with Crippen molar-refractivity contribution in [2.75, 3.05) is 19.3 Å². The van der Waals surface area contributed by atoms with Crippen LogP contribution in [-0.2, 0) is 10.0 Å². The predicted octanol–water partition coefficient (Wildman–Crippen LogP) is 0.303. The van der Waals surface area contributed by atoms with E-state index in [1.54, 1.807) is 0 Å². The molecule has 0 spiro atoms. The van der Waals surface area contributed by atoms with Gasteiger partial charge in [0.15, 0.2) is 0 Å². The average molecular weight is 276 g/mol. The quantitative estimate of drug-likeness (QED) is 0.778. The molecule has 1 aliphatic carbocycles. The Hall–Kier alpha value is -0.170. The van der Waals surface area contributed by atoms with Gasteiger partial charge in [-0.05, 0) is 32.2 Å². The molecule has 0 bridgehead atoms. The molecule has 1 saturated heterocycles. The zero-order chi connectivity index (χ0) is 13.2. The third kappa shape index (κ3) is 3.91. The highest BCUT2D eigenvalue weighted by Crippen LogP contribution is 2.25. The molecule has 2 aliphatic rings. The number of likely N-dealkylation sites (tertiary alicyclic amines) is 1. The fraction of sp³-hybridized carbons (Fsp3) is 1.00. The normalized spacial score (nSPS) is 35.6. The van der Waals surface area contributed by atoms with Crippen LogP contribution in [0, 0.1) is 0 Å². The standard InChI is InChI=1S/C12H24N2O3S/c1-18(16,17)13-10-5-4-8-14(9-10)11-6-2-3-7-12(11)15/h10-13,15H,2-9H2,1H3. The Morgan fingerprint density at radius 2 is 1.89 bits per heavy atom. The van der Waals surface area contributed by atoms with Crippen molar-refractivity contribution in [2.24, 2.45) is 0 Å². The third-order valence-electron chi connectivity index (χ3n) is 4.00. The molecule has 0 aromatic rings. The SMILES string of the molecule is CS(=O)(=O)NC1CCCN(C2CCCCC2O)C1. The zero-order valence-electron chi connectivity index (χ0n) is 11.0. The van der Waals surface area contributed by atoms with E-state index in [9.17, 15) is 13.5 Å². The molecule has 1 saturated carbocycles. The Morgan fingerprint density at radius 1 is 1.17 bits per heavy atom. The summed E-state index contributed by atoms with van der Waals surface area (Å²) in [6.45, 7) is 1.71. The van der Waals surface area contributed by atoms with Crippen LogP contribution in [0.15, 0.2) is 0 Å². The van der Waals surface area contributed by atoms with Crippen LogP contribution in [0.25, 0.3) is 0 Å². The van der Waals surface area contributed by atoms with Gasteiger partial charge in [-0.3, -0.25) is 4.90 Å². The molecule has 2 N–H and O–H groups in total. The molecule has 6 heteroatoms. The number of hydrogen-bond donors (Lipinski definition) is 2. The molecule has 5 nitrogen and oxygen atoms in total. The first kappa shape index (κ1) is 14.2. The van der Waals surface area contributed by atoms with Crippen molar-refractivity contribution in [3.8, 4) is 0 Å². The van der Waals surface area contributed by atoms with E-state index in [0.717, 1.165) is 45.2 Å². The molecule has 1 heterocycles. The first-order valence-electron chi connectivity index (χ1n) is 6.85. The number of aliphatic hydroxyl groups excluding tert-OH is 1. The van der Waals surface area contributed by atoms with Crippen LogP contribution < -0.4 is 4.72 Å². The van der Waals surface area contributed by atoms with Crippen molar-refractivity contribution >= 4 is 10.0 Å². The lowest BCUT2D eigenvalue weighted by Gasteiger charge is -2.42. The first-order valence-corrected chi connectivity index (χ1v) is 8.74. The van der Waals surface area contributed by atoms with Crippen molar-refractivity contribution in [1.29, 1.82) is 0 Å². The summed E-state index contributed by atoms with van der Waals surface area (Å²) in [6, 6.07) is 0.228. The van der Waals surface area contributed by atoms with Gasteiger partial charge in [0.2, 0.25) is 10.0 Å². The largest absolute Gasteiger partial charge is 0.391 e. The van der Waals surface area contributed by atoms with Gasteiger partial charge in [0.25, 0.3) is 0 Å². The smallest absolute Gasteiger partial charge is 0.208 e. The number of nitrogens with one attached hydrogen (secondary N) is 1. The van der Waals surface area contributed by atoms with Gasteiger partial charge >= 0.3 is 0 Å². The van der Waals surface area contributed by atoms with E-state index < -0.39 is 10.0 Å². The number of hydrogen-bond acceptors (Lipinski definition) is 4. The van der Waals surface area contributed by atoms with E-state index in [2.05, 4.69) is 9.62 Å². The van der Waals surface area contributed by atoms with Gasteiger partial charge in [0.1, 0.15) is 0 Å². The highest BCUT2D eigenvalue weighted by Gasteiger charge is 2.32. The van der Waals surface area contributed by atoms with E-state index in [0.29, 0.717) is 0 Å². The Kier molecular flexibility index (Phi) is 4.64. The molecule has 3 atom stereocenters. The predicted molar refractivity (Wildman–Crippen MR) is 70.8 cm³/mol. The van der Waals surface area contributed by atoms with E-state index in [1.807, 2.05) is 0 Å². The maximum Gasteiger partial charge on any atom is 0.208 e. The number of rotatable bonds is 3. The molecule has 2 rings (SSSR count). The van der Waals surface area contributed by atoms with Gasteiger partial charge in [-0.25, -0.2) is 13.1 Å². The van der Waals surface area contributed by atoms with Crippen molar-refractivity contribution in [3.05, 3.63) is 0 Å². The van der Waals surface area contributed by atoms with Crippen LogP contribution in [0.4, 0.5) is 0 Å². The lowest BCUT2D eigenvalue weighted by Crippen LogP contribution is -2.54. The first-order chi connectivity index (χ1) is 8.46. The summed E-state index contributed by atoms with van der Waals surface area (Å²) in [5.41, 5.74) is 0. The Labute approximate surface area is 110 Å². The fourth-order valence-corrected chi connectivity index (χ4v) is 4.02. The summed E-state index contributed by atoms with van der Waals surface area (Å²) in [5.74, 6) is 0. The highest BCUT2D eigenvalue weighted by atomic mass is 32.2. The third-order valence-corrected chi connectivity index (χ3v) is 4.76. The molecule has 1 aliphatic heterocycles. The molecule has 3 unspecified atom stereocenters. The van der Waals surface area contributed by atoms with Crippen LogP contribution >= 0.6 is 0 Å². The van der Waals surface area contributed by atoms with Crippen LogP contribution in [0.5, 0.6) is 0 Å². The number of aliphatic hydroxyl groups is 1. The Balaban J connectivity index is 1.93. The van der Waals surface area contributed by atoms with Gasteiger partial charge in [-0.1, -0.05) is 12.8 Å². The number of piperidine rings is 1. The second-order valence-electron chi connectivity index (χ2n) is 5.64. The van der Waals surface area contributed by atoms with Crippen molar-refractivity contribution in [1.82, 2.24) is 9.62 Å². The highest BCUT2D eigenvalue weighted by molar-refractivity contribution is 7.88. The van der Waals surface area contributed by atoms with Gasteiger partial charge in [-0.15, -0.1) is 0 Å². The van der Waals surface area contributed by atoms with Crippen molar-refractivity contribution < 1.29 is 13.5 Å². The lowest BCUT2D eigenvalue weighted by molar-refractivity contribution is 0.00679. The lowest BCUT2D eigenvalue weighted by atomic mass is 9.89. The molecule has 0 amide bonds. The van der Waals surface area contributed by atoms with E-state index in [-0.39, 0.29) is 18.2 Å². The summed E-state index contributed by atoms with van der Waals surface area (Å²) >= 11 is 0. The summed E-state index contributed by atoms with van der Waals surface area (Å²) in [5, 5.41) is 10.1. The fourth-order valence-electron chi connectivity index (χ4n) is 3.22. The Morgan fingerprint density at radius 3 is 2.56 bits per heavy atom. The van der Waals surface area contributed by atoms with Crippen LogP contribution in [-0.4, -0.2) is 56.0 Å². The molecule has 106 valence electrons. The molecule has 0 aromatic carbocycles. The maximum atomic E-state index is 11.3. The van der Waals surface area contributed by atoms with Gasteiger partial charge in [0.05, 0.1) is 12.4 Å². The van der Waals surface area contributed by atoms with Gasteiger partial charge in [-0.2, -0.15) is 0 Å². The van der Waals surface area contributed by atoms with Gasteiger partial charge < -0.3 is 5.11 Å². The molecule has 2 fully saturated rings. The van der Waals surface area contributed by atoms with E-state index >= 15 is 0 Å². The number of nitrogens with zero attached hydrogens (tertiary/aromatic N) is 1. The zero-order valence-corrected chi connectivity index (χ0v) is 11.8. The summed E-state index contributed by atoms with van der Waals surface area (Å²) in [6.07, 6.45) is 7.05. The minimum atomic E-state index is -3.13. The molecule has 18 heavy (non-hydrogen) atoms. The van der Waals surface area contributed by atoms with Crippen molar-refractivity contribution in [3.63, 3.8) is 0 Å².